The molecule has 3 N–H and O–H groups in total. The van der Waals surface area contributed by atoms with E-state index in [-0.39, 0.29) is 17.4 Å². The Hall–Kier alpha value is -3.46. The van der Waals surface area contributed by atoms with E-state index in [2.05, 4.69) is 10.6 Å². The van der Waals surface area contributed by atoms with Crippen LogP contribution in [0.25, 0.3) is 0 Å². The molecule has 146 valence electrons. The molecule has 0 aliphatic carbocycles. The van der Waals surface area contributed by atoms with Gasteiger partial charge < -0.3 is 20.5 Å². The number of aromatic hydroxyl groups is 1. The zero-order valence-corrected chi connectivity index (χ0v) is 16.5. The third-order valence-corrected chi connectivity index (χ3v) is 4.17. The van der Waals surface area contributed by atoms with Crippen molar-refractivity contribution in [2.75, 3.05) is 11.9 Å². The maximum Gasteiger partial charge on any atom is 0.263 e. The van der Waals surface area contributed by atoms with Crippen molar-refractivity contribution in [3.63, 3.8) is 0 Å². The molecule has 2 aromatic carbocycles. The van der Waals surface area contributed by atoms with E-state index in [0.29, 0.717) is 18.0 Å². The first-order chi connectivity index (χ1) is 13.3. The van der Waals surface area contributed by atoms with E-state index in [1.807, 2.05) is 52.0 Å². The number of benzene rings is 2. The van der Waals surface area contributed by atoms with Crippen LogP contribution in [0.1, 0.15) is 36.6 Å². The number of phenolic OH excluding ortho intramolecular Hbond substituents is 1. The number of hydrogen-bond donors (Lipinski definition) is 3. The quantitative estimate of drug-likeness (QED) is 0.382. The van der Waals surface area contributed by atoms with Crippen LogP contribution in [0, 0.1) is 25.2 Å². The summed E-state index contributed by atoms with van der Waals surface area (Å²) in [5, 5.41) is 24.9. The fourth-order valence-corrected chi connectivity index (χ4v) is 2.71. The van der Waals surface area contributed by atoms with Crippen LogP contribution in [0.3, 0.4) is 0 Å². The second-order valence-electron chi connectivity index (χ2n) is 6.50. The van der Waals surface area contributed by atoms with E-state index in [9.17, 15) is 15.2 Å². The largest absolute Gasteiger partial charge is 0.506 e. The molecule has 0 bridgehead atoms. The molecule has 0 spiro atoms. The molecular formula is C22H25N3O3. The lowest BCUT2D eigenvalue weighted by Gasteiger charge is -2.18. The Kier molecular flexibility index (Phi) is 7.05. The fourth-order valence-electron chi connectivity index (χ4n) is 2.71. The molecule has 1 unspecified atom stereocenters. The van der Waals surface area contributed by atoms with Gasteiger partial charge in [-0.15, -0.1) is 0 Å². The monoisotopic (exact) mass is 379 g/mol. The number of phenols is 1. The highest BCUT2D eigenvalue weighted by Crippen LogP contribution is 2.27. The van der Waals surface area contributed by atoms with Crippen molar-refractivity contribution in [1.82, 2.24) is 5.32 Å². The first-order valence-electron chi connectivity index (χ1n) is 9.06. The normalized spacial score (nSPS) is 12.0. The van der Waals surface area contributed by atoms with Crippen molar-refractivity contribution in [3.05, 3.63) is 64.9 Å². The van der Waals surface area contributed by atoms with Gasteiger partial charge in [0.1, 0.15) is 23.1 Å². The van der Waals surface area contributed by atoms with E-state index < -0.39 is 5.91 Å². The molecule has 2 rings (SSSR count). The predicted molar refractivity (Wildman–Crippen MR) is 109 cm³/mol. The number of carbonyl (C=O) groups is 1. The van der Waals surface area contributed by atoms with Crippen molar-refractivity contribution in [3.8, 4) is 17.6 Å². The van der Waals surface area contributed by atoms with Crippen LogP contribution in [0.4, 0.5) is 5.69 Å². The molecule has 0 heterocycles. The second kappa shape index (κ2) is 9.47. The van der Waals surface area contributed by atoms with Crippen LogP contribution < -0.4 is 15.4 Å². The minimum Gasteiger partial charge on any atom is -0.506 e. The summed E-state index contributed by atoms with van der Waals surface area (Å²) in [7, 11) is 0. The summed E-state index contributed by atoms with van der Waals surface area (Å²) < 4.78 is 5.64. The number of nitriles is 1. The van der Waals surface area contributed by atoms with Crippen LogP contribution in [0.15, 0.2) is 48.2 Å². The molecule has 1 atom stereocenters. The molecular weight excluding hydrogens is 354 g/mol. The Bertz CT molecular complexity index is 929. The Morgan fingerprint density at radius 3 is 2.61 bits per heavy atom. The molecule has 6 nitrogen and oxygen atoms in total. The third kappa shape index (κ3) is 5.27. The maximum absolute atomic E-state index is 12.5. The first-order valence-corrected chi connectivity index (χ1v) is 9.06. The van der Waals surface area contributed by atoms with E-state index in [0.717, 1.165) is 16.7 Å². The number of hydrogen-bond acceptors (Lipinski definition) is 5. The van der Waals surface area contributed by atoms with Gasteiger partial charge in [-0.2, -0.15) is 5.26 Å². The SMILES string of the molecule is CCOc1ccc(C)cc1C(C)NC(=O)/C(C#N)=C\Nc1cc(C)ccc1O. The summed E-state index contributed by atoms with van der Waals surface area (Å²) in [6.07, 6.45) is 1.29. The van der Waals surface area contributed by atoms with Crippen molar-refractivity contribution in [2.45, 2.75) is 33.7 Å². The van der Waals surface area contributed by atoms with E-state index in [1.54, 1.807) is 18.2 Å². The lowest BCUT2D eigenvalue weighted by Crippen LogP contribution is -2.28. The number of amides is 1. The molecule has 6 heteroatoms. The minimum absolute atomic E-state index is 0.0361. The van der Waals surface area contributed by atoms with E-state index in [4.69, 9.17) is 4.74 Å². The maximum atomic E-state index is 12.5. The molecule has 0 aliphatic heterocycles. The number of nitrogens with zero attached hydrogens (tertiary/aromatic N) is 1. The van der Waals surface area contributed by atoms with Crippen molar-refractivity contribution in [1.29, 1.82) is 5.26 Å². The number of carbonyl (C=O) groups excluding carboxylic acids is 1. The smallest absolute Gasteiger partial charge is 0.263 e. The Morgan fingerprint density at radius 2 is 1.93 bits per heavy atom. The second-order valence-corrected chi connectivity index (χ2v) is 6.50. The molecule has 0 saturated carbocycles. The molecule has 0 fully saturated rings. The van der Waals surface area contributed by atoms with Crippen molar-refractivity contribution < 1.29 is 14.6 Å². The van der Waals surface area contributed by atoms with Crippen molar-refractivity contribution in [2.24, 2.45) is 0 Å². The summed E-state index contributed by atoms with van der Waals surface area (Å²) in [6.45, 7) is 8.10. The highest BCUT2D eigenvalue weighted by atomic mass is 16.5. The summed E-state index contributed by atoms with van der Waals surface area (Å²) >= 11 is 0. The van der Waals surface area contributed by atoms with Gasteiger partial charge in [-0.3, -0.25) is 4.79 Å². The molecule has 1 amide bonds. The summed E-state index contributed by atoms with van der Waals surface area (Å²) in [4.78, 5) is 12.5. The van der Waals surface area contributed by atoms with Gasteiger partial charge in [-0.25, -0.2) is 0 Å². The number of anilines is 1. The Balaban J connectivity index is 2.17. The number of rotatable bonds is 7. The van der Waals surface area contributed by atoms with Gasteiger partial charge >= 0.3 is 0 Å². The minimum atomic E-state index is -0.515. The average Bonchev–Trinajstić information content (AvgIpc) is 2.66. The molecule has 0 radical (unpaired) electrons. The zero-order chi connectivity index (χ0) is 20.7. The first kappa shape index (κ1) is 20.8. The van der Waals surface area contributed by atoms with Gasteiger partial charge in [-0.05, 0) is 51.5 Å². The van der Waals surface area contributed by atoms with Crippen LogP contribution in [-0.2, 0) is 4.79 Å². The van der Waals surface area contributed by atoms with Gasteiger partial charge in [0, 0.05) is 11.8 Å². The third-order valence-electron chi connectivity index (χ3n) is 4.17. The number of ether oxygens (including phenoxy) is 1. The molecule has 0 saturated heterocycles. The van der Waals surface area contributed by atoms with Gasteiger partial charge in [0.25, 0.3) is 5.91 Å². The molecule has 2 aromatic rings. The zero-order valence-electron chi connectivity index (χ0n) is 16.5. The van der Waals surface area contributed by atoms with Crippen LogP contribution in [0.2, 0.25) is 0 Å². The van der Waals surface area contributed by atoms with Crippen molar-refractivity contribution >= 4 is 11.6 Å². The Morgan fingerprint density at radius 1 is 1.25 bits per heavy atom. The topological polar surface area (TPSA) is 94.4 Å². The molecule has 0 aliphatic rings. The Labute approximate surface area is 165 Å². The summed E-state index contributed by atoms with van der Waals surface area (Å²) in [5.74, 6) is 0.221. The van der Waals surface area contributed by atoms with E-state index >= 15 is 0 Å². The van der Waals surface area contributed by atoms with E-state index in [1.165, 1.54) is 6.20 Å². The molecule has 28 heavy (non-hydrogen) atoms. The molecule has 0 aromatic heterocycles. The lowest BCUT2D eigenvalue weighted by atomic mass is 10.0. The van der Waals surface area contributed by atoms with Crippen LogP contribution in [0.5, 0.6) is 11.5 Å². The highest BCUT2D eigenvalue weighted by Gasteiger charge is 2.17. The number of aryl methyl sites for hydroxylation is 2. The van der Waals surface area contributed by atoms with Crippen LogP contribution >= 0.6 is 0 Å². The van der Waals surface area contributed by atoms with Crippen LogP contribution in [-0.4, -0.2) is 17.6 Å². The highest BCUT2D eigenvalue weighted by molar-refractivity contribution is 5.97. The van der Waals surface area contributed by atoms with Gasteiger partial charge in [0.2, 0.25) is 0 Å². The standard InChI is InChI=1S/C22H25N3O3/c1-5-28-21-9-7-14(2)10-18(21)16(4)25-22(27)17(12-23)13-24-19-11-15(3)6-8-20(19)26/h6-11,13,16,24,26H,5H2,1-4H3,(H,25,27)/b17-13-. The average molecular weight is 379 g/mol. The lowest BCUT2D eigenvalue weighted by molar-refractivity contribution is -0.117. The van der Waals surface area contributed by atoms with Gasteiger partial charge in [0.15, 0.2) is 0 Å². The van der Waals surface area contributed by atoms with Gasteiger partial charge in [-0.1, -0.05) is 23.8 Å². The number of nitrogens with one attached hydrogen (secondary N) is 2. The summed E-state index contributed by atoms with van der Waals surface area (Å²) in [5.41, 5.74) is 3.15. The summed E-state index contributed by atoms with van der Waals surface area (Å²) in [6, 6.07) is 12.4. The fraction of sp³-hybridized carbons (Fsp3) is 0.273. The predicted octanol–water partition coefficient (Wildman–Crippen LogP) is 4.10. The van der Waals surface area contributed by atoms with Gasteiger partial charge in [0.05, 0.1) is 18.3 Å².